The lowest BCUT2D eigenvalue weighted by Crippen LogP contribution is -2.15. The molecule has 0 bridgehead atoms. The number of hydrogen-bond acceptors (Lipinski definition) is 2. The third kappa shape index (κ3) is 4.60. The molecule has 8 aromatic carbocycles. The van der Waals surface area contributed by atoms with Gasteiger partial charge in [-0.15, -0.1) is 11.3 Å². The number of hydrogen-bond donors (Lipinski definition) is 0. The lowest BCUT2D eigenvalue weighted by Gasteiger charge is -2.30. The molecule has 1 aliphatic carbocycles. The van der Waals surface area contributed by atoms with Crippen molar-refractivity contribution in [2.24, 2.45) is 0 Å². The van der Waals surface area contributed by atoms with Crippen molar-refractivity contribution < 1.29 is 0 Å². The molecule has 0 N–H and O–H groups in total. The van der Waals surface area contributed by atoms with E-state index in [1.807, 2.05) is 11.3 Å². The summed E-state index contributed by atoms with van der Waals surface area (Å²) in [5, 5.41) is 5.08. The summed E-state index contributed by atoms with van der Waals surface area (Å²) in [6.07, 6.45) is 0. The van der Waals surface area contributed by atoms with E-state index < -0.39 is 0 Å². The number of nitrogens with zero attached hydrogens (tertiary/aromatic N) is 1. The maximum Gasteiger partial charge on any atom is 0.0540 e. The van der Waals surface area contributed by atoms with Crippen LogP contribution in [0.5, 0.6) is 0 Å². The van der Waals surface area contributed by atoms with Crippen molar-refractivity contribution in [3.63, 3.8) is 0 Å². The van der Waals surface area contributed by atoms with Crippen molar-refractivity contribution in [3.8, 4) is 33.4 Å². The van der Waals surface area contributed by atoms with Crippen molar-refractivity contribution in [1.29, 1.82) is 0 Å². The van der Waals surface area contributed by atoms with E-state index in [0.29, 0.717) is 0 Å². The highest BCUT2D eigenvalue weighted by Gasteiger charge is 2.37. The summed E-state index contributed by atoms with van der Waals surface area (Å²) >= 11 is 1.89. The topological polar surface area (TPSA) is 3.24 Å². The predicted molar refractivity (Wildman–Crippen MR) is 220 cm³/mol. The highest BCUT2D eigenvalue weighted by atomic mass is 32.1. The summed E-state index contributed by atoms with van der Waals surface area (Å²) in [5.74, 6) is 0. The minimum Gasteiger partial charge on any atom is -0.309 e. The first-order chi connectivity index (χ1) is 25.1. The molecule has 0 radical (unpaired) electrons. The van der Waals surface area contributed by atoms with Gasteiger partial charge in [-0.3, -0.25) is 0 Å². The van der Waals surface area contributed by atoms with Crippen LogP contribution in [0.2, 0.25) is 0 Å². The van der Waals surface area contributed by atoms with E-state index in [2.05, 4.69) is 195 Å². The van der Waals surface area contributed by atoms with Gasteiger partial charge >= 0.3 is 0 Å². The zero-order valence-electron chi connectivity index (χ0n) is 28.6. The van der Waals surface area contributed by atoms with Gasteiger partial charge in [0.25, 0.3) is 0 Å². The molecular formula is C49H35NS. The average molecular weight is 670 g/mol. The Labute approximate surface area is 302 Å². The Morgan fingerprint density at radius 2 is 1.00 bits per heavy atom. The molecule has 2 heteroatoms. The van der Waals surface area contributed by atoms with E-state index in [1.165, 1.54) is 75.5 Å². The summed E-state index contributed by atoms with van der Waals surface area (Å²) in [6, 6.07) is 64.9. The third-order valence-electron chi connectivity index (χ3n) is 10.9. The van der Waals surface area contributed by atoms with Gasteiger partial charge < -0.3 is 4.90 Å². The highest BCUT2D eigenvalue weighted by Crippen LogP contribution is 2.54. The number of anilines is 3. The number of benzene rings is 8. The van der Waals surface area contributed by atoms with Crippen LogP contribution in [0.25, 0.3) is 64.3 Å². The molecule has 1 aromatic heterocycles. The van der Waals surface area contributed by atoms with Gasteiger partial charge in [0.15, 0.2) is 0 Å². The Morgan fingerprint density at radius 1 is 0.431 bits per heavy atom. The molecule has 9 aromatic rings. The van der Waals surface area contributed by atoms with E-state index in [1.54, 1.807) is 0 Å². The van der Waals surface area contributed by atoms with Crippen LogP contribution in [0.15, 0.2) is 176 Å². The first-order valence-corrected chi connectivity index (χ1v) is 18.5. The second kappa shape index (κ2) is 11.6. The largest absolute Gasteiger partial charge is 0.309 e. The van der Waals surface area contributed by atoms with Crippen molar-refractivity contribution in [2.45, 2.75) is 19.3 Å². The summed E-state index contributed by atoms with van der Waals surface area (Å²) < 4.78 is 2.63. The number of rotatable bonds is 5. The molecule has 0 fully saturated rings. The van der Waals surface area contributed by atoms with Crippen LogP contribution < -0.4 is 4.90 Å². The smallest absolute Gasteiger partial charge is 0.0540 e. The summed E-state index contributed by atoms with van der Waals surface area (Å²) in [6.45, 7) is 4.72. The van der Waals surface area contributed by atoms with Gasteiger partial charge in [0.2, 0.25) is 0 Å². The van der Waals surface area contributed by atoms with Crippen molar-refractivity contribution in [3.05, 3.63) is 187 Å². The summed E-state index contributed by atoms with van der Waals surface area (Å²) in [5.41, 5.74) is 13.7. The molecule has 0 saturated carbocycles. The van der Waals surface area contributed by atoms with Crippen LogP contribution in [-0.2, 0) is 5.41 Å². The lowest BCUT2D eigenvalue weighted by atomic mass is 9.82. The van der Waals surface area contributed by atoms with E-state index in [4.69, 9.17) is 0 Å². The van der Waals surface area contributed by atoms with E-state index >= 15 is 0 Å². The normalized spacial score (nSPS) is 13.1. The van der Waals surface area contributed by atoms with Gasteiger partial charge in [0.1, 0.15) is 0 Å². The van der Waals surface area contributed by atoms with Crippen LogP contribution >= 0.6 is 11.3 Å². The SMILES string of the molecule is CC1(C)c2ccccc2-c2c(-c3ccccc3N(c3ccc4ccccc4c3)c3ccccc3-c3cccc4c3sc3ccccc34)cccc21. The van der Waals surface area contributed by atoms with Gasteiger partial charge in [-0.25, -0.2) is 0 Å². The summed E-state index contributed by atoms with van der Waals surface area (Å²) in [7, 11) is 0. The number of thiophene rings is 1. The molecule has 0 saturated heterocycles. The molecule has 242 valence electrons. The minimum atomic E-state index is -0.0789. The lowest BCUT2D eigenvalue weighted by molar-refractivity contribution is 0.660. The Hall–Kier alpha value is -5.96. The van der Waals surface area contributed by atoms with E-state index in [0.717, 1.165) is 17.1 Å². The van der Waals surface area contributed by atoms with Gasteiger partial charge in [-0.1, -0.05) is 159 Å². The molecule has 0 unspecified atom stereocenters. The van der Waals surface area contributed by atoms with E-state index in [-0.39, 0.29) is 5.41 Å². The Bertz CT molecular complexity index is 2800. The zero-order valence-corrected chi connectivity index (χ0v) is 29.4. The van der Waals surface area contributed by atoms with Gasteiger partial charge in [0, 0.05) is 48.0 Å². The molecule has 1 aliphatic rings. The maximum absolute atomic E-state index is 2.49. The quantitative estimate of drug-likeness (QED) is 0.176. The molecule has 1 nitrogen and oxygen atoms in total. The third-order valence-corrected chi connectivity index (χ3v) is 12.1. The summed E-state index contributed by atoms with van der Waals surface area (Å²) in [4.78, 5) is 2.49. The van der Waals surface area contributed by atoms with Crippen LogP contribution in [-0.4, -0.2) is 0 Å². The fourth-order valence-corrected chi connectivity index (χ4v) is 9.69. The zero-order chi connectivity index (χ0) is 34.1. The van der Waals surface area contributed by atoms with Crippen LogP contribution in [0.3, 0.4) is 0 Å². The van der Waals surface area contributed by atoms with Gasteiger partial charge in [0.05, 0.1) is 11.4 Å². The van der Waals surface area contributed by atoms with Crippen LogP contribution in [0.4, 0.5) is 17.1 Å². The molecule has 10 rings (SSSR count). The highest BCUT2D eigenvalue weighted by molar-refractivity contribution is 7.26. The van der Waals surface area contributed by atoms with Crippen LogP contribution in [0, 0.1) is 0 Å². The van der Waals surface area contributed by atoms with Gasteiger partial charge in [-0.05, 0) is 68.9 Å². The first-order valence-electron chi connectivity index (χ1n) is 17.7. The van der Waals surface area contributed by atoms with Crippen molar-refractivity contribution >= 4 is 59.3 Å². The Balaban J connectivity index is 1.26. The second-order valence-corrected chi connectivity index (χ2v) is 15.1. The standard InChI is InChI=1S/C49H35NS/c1-49(2)42-24-9-5-20-41(42)47-38(21-14-25-43(47)49)35-17-6-10-26-44(35)50(34-30-29-32-15-3-4-16-33(32)31-34)45-27-11-7-18-36(45)39-22-13-23-40-37-19-8-12-28-46(37)51-48(39)40/h3-31H,1-2H3. The second-order valence-electron chi connectivity index (χ2n) is 14.1. The number of para-hydroxylation sites is 2. The van der Waals surface area contributed by atoms with Crippen LogP contribution in [0.1, 0.15) is 25.0 Å². The average Bonchev–Trinajstić information content (AvgIpc) is 3.68. The fourth-order valence-electron chi connectivity index (χ4n) is 8.45. The van der Waals surface area contributed by atoms with Crippen molar-refractivity contribution in [2.75, 3.05) is 4.90 Å². The fraction of sp³-hybridized carbons (Fsp3) is 0.0612. The number of fused-ring (bicyclic) bond motifs is 7. The molecule has 1 heterocycles. The monoisotopic (exact) mass is 669 g/mol. The van der Waals surface area contributed by atoms with Gasteiger partial charge in [-0.2, -0.15) is 0 Å². The molecule has 0 atom stereocenters. The molecule has 0 spiro atoms. The molecule has 0 amide bonds. The van der Waals surface area contributed by atoms with E-state index in [9.17, 15) is 0 Å². The first kappa shape index (κ1) is 29.9. The molecule has 51 heavy (non-hydrogen) atoms. The minimum absolute atomic E-state index is 0.0789. The Morgan fingerprint density at radius 3 is 1.82 bits per heavy atom. The molecular weight excluding hydrogens is 635 g/mol. The van der Waals surface area contributed by atoms with Crippen molar-refractivity contribution in [1.82, 2.24) is 0 Å². The Kier molecular flexibility index (Phi) is 6.78. The predicted octanol–water partition coefficient (Wildman–Crippen LogP) is 14.3. The maximum atomic E-state index is 2.49. The molecule has 0 aliphatic heterocycles.